The minimum absolute atomic E-state index is 0.0748. The topological polar surface area (TPSA) is 94.1 Å². The predicted octanol–water partition coefficient (Wildman–Crippen LogP) is 3.40. The largest absolute Gasteiger partial charge is 0.422 e. The van der Waals surface area contributed by atoms with E-state index in [9.17, 15) is 27.5 Å². The highest BCUT2D eigenvalue weighted by Crippen LogP contribution is 2.49. The van der Waals surface area contributed by atoms with Crippen LogP contribution in [0, 0.1) is 0 Å². The van der Waals surface area contributed by atoms with Crippen molar-refractivity contribution in [3.05, 3.63) is 34.1 Å². The van der Waals surface area contributed by atoms with Gasteiger partial charge in [0.25, 0.3) is 0 Å². The van der Waals surface area contributed by atoms with Crippen molar-refractivity contribution >= 4 is 29.1 Å². The zero-order valence-corrected chi connectivity index (χ0v) is 16.3. The number of hydrogen-bond acceptors (Lipinski definition) is 5. The summed E-state index contributed by atoms with van der Waals surface area (Å²) in [6.07, 6.45) is -5.22. The second-order valence-corrected chi connectivity index (χ2v) is 7.82. The number of aromatic amines is 1. The summed E-state index contributed by atoms with van der Waals surface area (Å²) < 4.78 is 53.8. The summed E-state index contributed by atoms with van der Waals surface area (Å²) in [7, 11) is 0. The molecule has 1 atom stereocenters. The normalized spacial score (nSPS) is 22.7. The van der Waals surface area contributed by atoms with Crippen LogP contribution in [0.15, 0.2) is 12.1 Å². The van der Waals surface area contributed by atoms with Gasteiger partial charge in [0, 0.05) is 30.3 Å². The molecule has 1 amide bonds. The summed E-state index contributed by atoms with van der Waals surface area (Å²) in [6, 6.07) is 3.20. The van der Waals surface area contributed by atoms with Gasteiger partial charge in [-0.2, -0.15) is 18.3 Å². The summed E-state index contributed by atoms with van der Waals surface area (Å²) in [6.45, 7) is 0.207. The third kappa shape index (κ3) is 3.39. The first kappa shape index (κ1) is 20.9. The van der Waals surface area contributed by atoms with E-state index in [0.717, 1.165) is 0 Å². The van der Waals surface area contributed by atoms with Crippen molar-refractivity contribution in [3.63, 3.8) is 0 Å². The predicted molar refractivity (Wildman–Crippen MR) is 100 cm³/mol. The third-order valence-corrected chi connectivity index (χ3v) is 5.96. The summed E-state index contributed by atoms with van der Waals surface area (Å²) in [5.74, 6) is -1.02. The Morgan fingerprint density at radius 3 is 2.60 bits per heavy atom. The number of aromatic nitrogens is 3. The van der Waals surface area contributed by atoms with Crippen LogP contribution in [0.3, 0.4) is 0 Å². The monoisotopic (exact) mass is 447 g/mol. The van der Waals surface area contributed by atoms with Crippen LogP contribution in [-0.2, 0) is 17.1 Å². The van der Waals surface area contributed by atoms with Gasteiger partial charge in [-0.15, -0.1) is 0 Å². The molecule has 2 aromatic rings. The van der Waals surface area contributed by atoms with Crippen molar-refractivity contribution in [2.75, 3.05) is 23.3 Å². The van der Waals surface area contributed by atoms with E-state index in [-0.39, 0.29) is 28.1 Å². The Hall–Kier alpha value is -2.40. The number of nitrogens with one attached hydrogen (secondary N) is 2. The van der Waals surface area contributed by atoms with Crippen LogP contribution in [0.2, 0.25) is 5.15 Å². The molecule has 12 heteroatoms. The number of fused-ring (bicyclic) bond motifs is 1. The number of nitrogens with zero attached hydrogens (tertiary/aromatic N) is 3. The standard InChI is InChI=1S/C18H18ClF4N5O2/c19-15-10(8-20)1-2-11(24-15)28-5-3-9(4-6-28)14-13-16(27-26-14)25-12(29)7-17(13,30)18(21,22)23/h1-2,9,30H,3-8H2,(H2,25,26,27,29). The van der Waals surface area contributed by atoms with Gasteiger partial charge in [0.05, 0.1) is 12.0 Å². The van der Waals surface area contributed by atoms with Gasteiger partial charge in [0.1, 0.15) is 17.6 Å². The third-order valence-electron chi connectivity index (χ3n) is 5.63. The molecular weight excluding hydrogens is 430 g/mol. The molecule has 0 aliphatic carbocycles. The number of anilines is 2. The SMILES string of the molecule is O=C1CC(O)(C(F)(F)F)c2c(n[nH]c2C2CCN(c3ccc(CF)c(Cl)n3)CC2)N1. The zero-order chi connectivity index (χ0) is 21.7. The van der Waals surface area contributed by atoms with E-state index in [0.29, 0.717) is 31.7 Å². The average molecular weight is 448 g/mol. The smallest absolute Gasteiger partial charge is 0.376 e. The maximum atomic E-state index is 13.7. The van der Waals surface area contributed by atoms with Gasteiger partial charge in [0.15, 0.2) is 11.4 Å². The van der Waals surface area contributed by atoms with Crippen LogP contribution in [-0.4, -0.2) is 45.5 Å². The van der Waals surface area contributed by atoms with Crippen LogP contribution in [0.1, 0.15) is 42.0 Å². The molecule has 162 valence electrons. The Labute approximate surface area is 173 Å². The molecule has 0 spiro atoms. The lowest BCUT2D eigenvalue weighted by atomic mass is 9.81. The fourth-order valence-corrected chi connectivity index (χ4v) is 4.23. The second kappa shape index (κ2) is 7.38. The Kier molecular flexibility index (Phi) is 5.13. The van der Waals surface area contributed by atoms with Gasteiger partial charge in [-0.05, 0) is 25.0 Å². The van der Waals surface area contributed by atoms with Gasteiger partial charge in [-0.3, -0.25) is 9.89 Å². The van der Waals surface area contributed by atoms with E-state index < -0.39 is 36.3 Å². The van der Waals surface area contributed by atoms with Crippen LogP contribution in [0.25, 0.3) is 0 Å². The molecular formula is C18H18ClF4N5O2. The molecule has 0 saturated carbocycles. The number of H-pyrrole nitrogens is 1. The number of amides is 1. The fourth-order valence-electron chi connectivity index (χ4n) is 4.03. The summed E-state index contributed by atoms with van der Waals surface area (Å²) in [5, 5.41) is 19.2. The number of carbonyl (C=O) groups is 1. The van der Waals surface area contributed by atoms with Crippen molar-refractivity contribution < 1.29 is 27.5 Å². The quantitative estimate of drug-likeness (QED) is 0.495. The van der Waals surface area contributed by atoms with Gasteiger partial charge in [-0.25, -0.2) is 9.37 Å². The lowest BCUT2D eigenvalue weighted by molar-refractivity contribution is -0.267. The van der Waals surface area contributed by atoms with Crippen molar-refractivity contribution in [3.8, 4) is 0 Å². The highest BCUT2D eigenvalue weighted by molar-refractivity contribution is 6.30. The summed E-state index contributed by atoms with van der Waals surface area (Å²) >= 11 is 5.96. The Bertz CT molecular complexity index is 974. The lowest BCUT2D eigenvalue weighted by Gasteiger charge is -2.37. The maximum absolute atomic E-state index is 13.7. The number of pyridine rings is 1. The molecule has 1 saturated heterocycles. The lowest BCUT2D eigenvalue weighted by Crippen LogP contribution is -2.49. The van der Waals surface area contributed by atoms with E-state index >= 15 is 0 Å². The minimum atomic E-state index is -5.03. The molecule has 4 rings (SSSR count). The molecule has 30 heavy (non-hydrogen) atoms. The van der Waals surface area contributed by atoms with Crippen LogP contribution in [0.5, 0.6) is 0 Å². The number of carbonyl (C=O) groups excluding carboxylic acids is 1. The molecule has 7 nitrogen and oxygen atoms in total. The Morgan fingerprint density at radius 2 is 2.00 bits per heavy atom. The molecule has 2 aliphatic rings. The Balaban J connectivity index is 1.57. The molecule has 1 fully saturated rings. The molecule has 0 aromatic carbocycles. The molecule has 2 aliphatic heterocycles. The van der Waals surface area contributed by atoms with Crippen molar-refractivity contribution in [1.82, 2.24) is 15.2 Å². The van der Waals surface area contributed by atoms with Gasteiger partial charge in [-0.1, -0.05) is 11.6 Å². The summed E-state index contributed by atoms with van der Waals surface area (Å²) in [5.41, 5.74) is -3.25. The van der Waals surface area contributed by atoms with Crippen molar-refractivity contribution in [2.45, 2.75) is 43.6 Å². The maximum Gasteiger partial charge on any atom is 0.422 e. The molecule has 2 aromatic heterocycles. The van der Waals surface area contributed by atoms with Gasteiger partial charge < -0.3 is 15.3 Å². The van der Waals surface area contributed by atoms with E-state index in [1.54, 1.807) is 12.1 Å². The highest BCUT2D eigenvalue weighted by atomic mass is 35.5. The number of piperidine rings is 1. The van der Waals surface area contributed by atoms with E-state index in [4.69, 9.17) is 11.6 Å². The first-order valence-corrected chi connectivity index (χ1v) is 9.66. The Morgan fingerprint density at radius 1 is 1.30 bits per heavy atom. The molecule has 0 radical (unpaired) electrons. The fraction of sp³-hybridized carbons (Fsp3) is 0.500. The first-order valence-electron chi connectivity index (χ1n) is 9.28. The zero-order valence-electron chi connectivity index (χ0n) is 15.6. The van der Waals surface area contributed by atoms with Gasteiger partial charge >= 0.3 is 6.18 Å². The molecule has 0 bridgehead atoms. The van der Waals surface area contributed by atoms with E-state index in [1.165, 1.54) is 0 Å². The van der Waals surface area contributed by atoms with Gasteiger partial charge in [0.2, 0.25) is 5.91 Å². The number of halogens is 5. The average Bonchev–Trinajstić information content (AvgIpc) is 3.11. The molecule has 1 unspecified atom stereocenters. The van der Waals surface area contributed by atoms with Crippen LogP contribution < -0.4 is 10.2 Å². The minimum Gasteiger partial charge on any atom is -0.376 e. The number of aliphatic hydroxyl groups is 1. The van der Waals surface area contributed by atoms with Crippen molar-refractivity contribution in [2.24, 2.45) is 0 Å². The second-order valence-electron chi connectivity index (χ2n) is 7.46. The highest BCUT2D eigenvalue weighted by Gasteiger charge is 2.61. The molecule has 4 heterocycles. The van der Waals surface area contributed by atoms with E-state index in [2.05, 4.69) is 20.5 Å². The van der Waals surface area contributed by atoms with Crippen molar-refractivity contribution in [1.29, 1.82) is 0 Å². The number of hydrogen-bond donors (Lipinski definition) is 3. The van der Waals surface area contributed by atoms with E-state index in [1.807, 2.05) is 4.90 Å². The number of alkyl halides is 4. The number of rotatable bonds is 3. The first-order chi connectivity index (χ1) is 14.1. The van der Waals surface area contributed by atoms with Crippen LogP contribution in [0.4, 0.5) is 29.2 Å². The molecule has 3 N–H and O–H groups in total. The van der Waals surface area contributed by atoms with Crippen LogP contribution >= 0.6 is 11.6 Å². The summed E-state index contributed by atoms with van der Waals surface area (Å²) in [4.78, 5) is 17.8.